The maximum atomic E-state index is 13.4. The molecule has 3 nitrogen and oxygen atoms in total. The summed E-state index contributed by atoms with van der Waals surface area (Å²) in [5, 5.41) is 0. The summed E-state index contributed by atoms with van der Waals surface area (Å²) in [6, 6.07) is 5.11. The summed E-state index contributed by atoms with van der Waals surface area (Å²) in [6.07, 6.45) is 1.53. The molecule has 0 fully saturated rings. The van der Waals surface area contributed by atoms with Crippen LogP contribution in [0.15, 0.2) is 30.5 Å². The lowest BCUT2D eigenvalue weighted by Crippen LogP contribution is -2.01. The van der Waals surface area contributed by atoms with Crippen molar-refractivity contribution in [3.63, 3.8) is 0 Å². The number of nitrogens with two attached hydrogens (primary N) is 1. The third-order valence-electron chi connectivity index (χ3n) is 2.54. The first kappa shape index (κ1) is 15.3. The Kier molecular flexibility index (Phi) is 5.20. The minimum atomic E-state index is -0.766. The zero-order valence-electron chi connectivity index (χ0n) is 10.2. The van der Waals surface area contributed by atoms with Gasteiger partial charge in [0.2, 0.25) is 11.6 Å². The van der Waals surface area contributed by atoms with E-state index >= 15 is 0 Å². The quantitative estimate of drug-likeness (QED) is 0.941. The van der Waals surface area contributed by atoms with Gasteiger partial charge < -0.3 is 10.5 Å². The largest absolute Gasteiger partial charge is 0.433 e. The molecule has 2 rings (SSSR count). The van der Waals surface area contributed by atoms with Crippen molar-refractivity contribution in [1.82, 2.24) is 4.98 Å². The number of hydrogen-bond acceptors (Lipinski definition) is 3. The average molecular weight is 287 g/mol. The van der Waals surface area contributed by atoms with Crippen LogP contribution in [0.4, 0.5) is 8.78 Å². The summed E-state index contributed by atoms with van der Waals surface area (Å²) in [4.78, 5) is 3.95. The number of ether oxygens (including phenoxy) is 1. The number of halogens is 3. The van der Waals surface area contributed by atoms with Crippen molar-refractivity contribution >= 4 is 12.4 Å². The topological polar surface area (TPSA) is 48.1 Å². The molecule has 6 heteroatoms. The first-order valence-corrected chi connectivity index (χ1v) is 5.39. The van der Waals surface area contributed by atoms with Crippen molar-refractivity contribution in [2.45, 2.75) is 13.5 Å². The molecule has 102 valence electrons. The van der Waals surface area contributed by atoms with Crippen LogP contribution in [0.2, 0.25) is 0 Å². The van der Waals surface area contributed by atoms with E-state index < -0.39 is 17.4 Å². The molecule has 0 aliphatic carbocycles. The molecule has 0 unspecified atom stereocenters. The van der Waals surface area contributed by atoms with Crippen LogP contribution in [0, 0.1) is 18.6 Å². The van der Waals surface area contributed by atoms with E-state index in [0.29, 0.717) is 6.54 Å². The van der Waals surface area contributed by atoms with Crippen molar-refractivity contribution < 1.29 is 13.5 Å². The minimum Gasteiger partial charge on any atom is -0.433 e. The number of rotatable bonds is 3. The van der Waals surface area contributed by atoms with E-state index in [2.05, 4.69) is 4.98 Å². The molecular weight excluding hydrogens is 274 g/mol. The lowest BCUT2D eigenvalue weighted by molar-refractivity contribution is 0.395. The van der Waals surface area contributed by atoms with Gasteiger partial charge in [0.05, 0.1) is 0 Å². The molecule has 0 aliphatic heterocycles. The molecule has 2 N–H and O–H groups in total. The van der Waals surface area contributed by atoms with Crippen LogP contribution in [0.25, 0.3) is 0 Å². The number of aryl methyl sites for hydroxylation is 1. The van der Waals surface area contributed by atoms with Crippen LogP contribution in [0.1, 0.15) is 11.1 Å². The predicted molar refractivity (Wildman–Crippen MR) is 70.5 cm³/mol. The van der Waals surface area contributed by atoms with Gasteiger partial charge in [0.15, 0.2) is 11.6 Å². The zero-order valence-corrected chi connectivity index (χ0v) is 11.0. The lowest BCUT2D eigenvalue weighted by Gasteiger charge is -2.09. The van der Waals surface area contributed by atoms with Crippen LogP contribution in [-0.4, -0.2) is 4.98 Å². The highest BCUT2D eigenvalue weighted by molar-refractivity contribution is 5.85. The fourth-order valence-corrected chi connectivity index (χ4v) is 1.51. The first-order chi connectivity index (χ1) is 8.61. The SMILES string of the molecule is Cc1cc(Oc2c(F)cccc2F)ncc1CN.Cl. The summed E-state index contributed by atoms with van der Waals surface area (Å²) in [5.74, 6) is -1.85. The Hall–Kier alpha value is -1.72. The van der Waals surface area contributed by atoms with Crippen molar-refractivity contribution in [1.29, 1.82) is 0 Å². The van der Waals surface area contributed by atoms with Gasteiger partial charge >= 0.3 is 0 Å². The molecule has 1 aromatic carbocycles. The van der Waals surface area contributed by atoms with Gasteiger partial charge in [-0.05, 0) is 30.2 Å². The van der Waals surface area contributed by atoms with E-state index in [1.165, 1.54) is 12.3 Å². The monoisotopic (exact) mass is 286 g/mol. The summed E-state index contributed by atoms with van der Waals surface area (Å²) in [5.41, 5.74) is 7.22. The van der Waals surface area contributed by atoms with Crippen LogP contribution in [0.5, 0.6) is 11.6 Å². The third-order valence-corrected chi connectivity index (χ3v) is 2.54. The van der Waals surface area contributed by atoms with E-state index in [4.69, 9.17) is 10.5 Å². The molecule has 19 heavy (non-hydrogen) atoms. The van der Waals surface area contributed by atoms with Crippen molar-refractivity contribution in [3.8, 4) is 11.6 Å². The molecular formula is C13H13ClF2N2O. The average Bonchev–Trinajstić information content (AvgIpc) is 2.34. The number of para-hydroxylation sites is 1. The van der Waals surface area contributed by atoms with Gasteiger partial charge in [-0.3, -0.25) is 0 Å². The first-order valence-electron chi connectivity index (χ1n) is 5.39. The molecule has 1 aromatic heterocycles. The van der Waals surface area contributed by atoms with Crippen LogP contribution < -0.4 is 10.5 Å². The molecule has 0 atom stereocenters. The van der Waals surface area contributed by atoms with Gasteiger partial charge in [-0.25, -0.2) is 13.8 Å². The lowest BCUT2D eigenvalue weighted by atomic mass is 10.1. The van der Waals surface area contributed by atoms with E-state index in [1.807, 2.05) is 6.92 Å². The highest BCUT2D eigenvalue weighted by Crippen LogP contribution is 2.26. The second-order valence-electron chi connectivity index (χ2n) is 3.81. The molecule has 2 aromatic rings. The maximum Gasteiger partial charge on any atom is 0.219 e. The van der Waals surface area contributed by atoms with Gasteiger partial charge in [0.25, 0.3) is 0 Å². The number of aromatic nitrogens is 1. The fourth-order valence-electron chi connectivity index (χ4n) is 1.51. The highest BCUT2D eigenvalue weighted by atomic mass is 35.5. The number of hydrogen-bond donors (Lipinski definition) is 1. The van der Waals surface area contributed by atoms with Gasteiger partial charge in [-0.2, -0.15) is 0 Å². The highest BCUT2D eigenvalue weighted by Gasteiger charge is 2.12. The number of nitrogens with zero attached hydrogens (tertiary/aromatic N) is 1. The second kappa shape index (κ2) is 6.45. The molecule has 1 heterocycles. The van der Waals surface area contributed by atoms with Crippen LogP contribution in [0.3, 0.4) is 0 Å². The van der Waals surface area contributed by atoms with E-state index in [9.17, 15) is 8.78 Å². The summed E-state index contributed by atoms with van der Waals surface area (Å²) < 4.78 is 31.9. The number of benzene rings is 1. The Bertz CT molecular complexity index is 558. The smallest absolute Gasteiger partial charge is 0.219 e. The Morgan fingerprint density at radius 2 is 1.89 bits per heavy atom. The zero-order chi connectivity index (χ0) is 13.1. The standard InChI is InChI=1S/C13H12F2N2O.ClH/c1-8-5-12(17-7-9(8)6-16)18-13-10(14)3-2-4-11(13)15;/h2-5,7H,6,16H2,1H3;1H. The van der Waals surface area contributed by atoms with Gasteiger partial charge in [-0.1, -0.05) is 6.07 Å². The van der Waals surface area contributed by atoms with Crippen LogP contribution in [-0.2, 0) is 6.54 Å². The Morgan fingerprint density at radius 3 is 2.42 bits per heavy atom. The van der Waals surface area contributed by atoms with Gasteiger partial charge in [0, 0.05) is 18.8 Å². The molecule has 0 radical (unpaired) electrons. The van der Waals surface area contributed by atoms with E-state index in [0.717, 1.165) is 23.3 Å². The molecule has 0 saturated carbocycles. The Labute approximate surface area is 115 Å². The summed E-state index contributed by atoms with van der Waals surface area (Å²) in [7, 11) is 0. The Balaban J connectivity index is 0.00000180. The molecule has 0 aliphatic rings. The van der Waals surface area contributed by atoms with Crippen molar-refractivity contribution in [3.05, 3.63) is 53.2 Å². The molecule has 0 bridgehead atoms. The number of pyridine rings is 1. The summed E-state index contributed by atoms with van der Waals surface area (Å²) >= 11 is 0. The second-order valence-corrected chi connectivity index (χ2v) is 3.81. The normalized spacial score (nSPS) is 9.89. The van der Waals surface area contributed by atoms with Gasteiger partial charge in [-0.15, -0.1) is 12.4 Å². The third kappa shape index (κ3) is 3.39. The van der Waals surface area contributed by atoms with Crippen molar-refractivity contribution in [2.24, 2.45) is 5.73 Å². The predicted octanol–water partition coefficient (Wildman–Crippen LogP) is 3.34. The minimum absolute atomic E-state index is 0. The van der Waals surface area contributed by atoms with E-state index in [-0.39, 0.29) is 18.3 Å². The van der Waals surface area contributed by atoms with Crippen LogP contribution >= 0.6 is 12.4 Å². The fraction of sp³-hybridized carbons (Fsp3) is 0.154. The molecule has 0 spiro atoms. The van der Waals surface area contributed by atoms with E-state index in [1.54, 1.807) is 6.07 Å². The maximum absolute atomic E-state index is 13.4. The van der Waals surface area contributed by atoms with Crippen molar-refractivity contribution in [2.75, 3.05) is 0 Å². The Morgan fingerprint density at radius 1 is 1.26 bits per heavy atom. The van der Waals surface area contributed by atoms with Gasteiger partial charge in [0.1, 0.15) is 0 Å². The molecule has 0 amide bonds. The summed E-state index contributed by atoms with van der Waals surface area (Å²) in [6.45, 7) is 2.18. The molecule has 0 saturated heterocycles.